The Morgan fingerprint density at radius 1 is 0.889 bits per heavy atom. The van der Waals surface area contributed by atoms with E-state index in [1.54, 1.807) is 0 Å². The molecule has 1 nitrogen and oxygen atoms in total. The van der Waals surface area contributed by atoms with Crippen molar-refractivity contribution in [3.63, 3.8) is 0 Å². The minimum Gasteiger partial charge on any atom is -0.287 e. The van der Waals surface area contributed by atoms with E-state index in [1.807, 2.05) is 6.08 Å². The summed E-state index contributed by atoms with van der Waals surface area (Å²) in [5.74, 6) is 0. The molecule has 3 aromatic rings. The molecule has 27 heavy (non-hydrogen) atoms. The number of hydrogen-bond donors (Lipinski definition) is 0. The summed E-state index contributed by atoms with van der Waals surface area (Å²) in [4.78, 5) is 0. The first-order valence-corrected chi connectivity index (χ1v) is 11.2. The van der Waals surface area contributed by atoms with Crippen molar-refractivity contribution in [1.29, 1.82) is 0 Å². The monoisotopic (exact) mass is 373 g/mol. The van der Waals surface area contributed by atoms with Crippen molar-refractivity contribution in [3.05, 3.63) is 89.5 Å². The average molecular weight is 373 g/mol. The molecule has 2 heteroatoms. The molecule has 1 saturated heterocycles. The quantitative estimate of drug-likeness (QED) is 0.433. The molecule has 4 rings (SSSR count). The fourth-order valence-electron chi connectivity index (χ4n) is 4.75. The number of benzene rings is 3. The molecule has 1 fully saturated rings. The van der Waals surface area contributed by atoms with Crippen molar-refractivity contribution in [1.82, 2.24) is 4.67 Å². The first kappa shape index (κ1) is 18.4. The Hall–Kier alpha value is -1.95. The van der Waals surface area contributed by atoms with Crippen LogP contribution in [0.25, 0.3) is 16.8 Å². The smallest absolute Gasteiger partial charge is 0.0186 e. The lowest BCUT2D eigenvalue weighted by atomic mass is 9.96. The van der Waals surface area contributed by atoms with Gasteiger partial charge in [-0.25, -0.2) is 0 Å². The van der Waals surface area contributed by atoms with Crippen LogP contribution in [0.2, 0.25) is 0 Å². The molecule has 0 aliphatic carbocycles. The lowest BCUT2D eigenvalue weighted by Crippen LogP contribution is -2.11. The minimum atomic E-state index is -0.291. The fraction of sp³-hybridized carbons (Fsp3) is 0.280. The molecule has 0 N–H and O–H groups in total. The van der Waals surface area contributed by atoms with E-state index in [-0.39, 0.29) is 8.07 Å². The number of fused-ring (bicyclic) bond motifs is 1. The third-order valence-corrected chi connectivity index (χ3v) is 9.27. The van der Waals surface area contributed by atoms with Crippen LogP contribution in [0.3, 0.4) is 0 Å². The third-order valence-electron chi connectivity index (χ3n) is 5.99. The predicted octanol–water partition coefficient (Wildman–Crippen LogP) is 7.33. The molecule has 138 valence electrons. The molecule has 0 saturated carbocycles. The Bertz CT molecular complexity index is 970. The van der Waals surface area contributed by atoms with Crippen molar-refractivity contribution in [2.24, 2.45) is 0 Å². The normalized spacial score (nSPS) is 22.4. The lowest BCUT2D eigenvalue weighted by molar-refractivity contribution is 0.661. The first-order chi connectivity index (χ1) is 13.1. The highest BCUT2D eigenvalue weighted by molar-refractivity contribution is 7.56. The van der Waals surface area contributed by atoms with Crippen molar-refractivity contribution in [3.8, 4) is 0 Å². The highest BCUT2D eigenvalue weighted by Crippen LogP contribution is 2.71. The zero-order valence-corrected chi connectivity index (χ0v) is 17.4. The van der Waals surface area contributed by atoms with Gasteiger partial charge in [-0.2, -0.15) is 0 Å². The molecule has 1 heterocycles. The van der Waals surface area contributed by atoms with Crippen molar-refractivity contribution in [2.75, 3.05) is 14.1 Å². The fourth-order valence-corrected chi connectivity index (χ4v) is 8.20. The maximum atomic E-state index is 4.01. The van der Waals surface area contributed by atoms with Crippen LogP contribution in [0.1, 0.15) is 46.4 Å². The van der Waals surface area contributed by atoms with E-state index in [1.165, 1.54) is 45.9 Å². The molecule has 1 aliphatic heterocycles. The van der Waals surface area contributed by atoms with E-state index < -0.39 is 0 Å². The molecule has 0 amide bonds. The SMILES string of the molecule is C=Cc1cccc(C2CCC(c3cccc4ccccc34)P2N(C)C)c1C. The van der Waals surface area contributed by atoms with E-state index in [4.69, 9.17) is 0 Å². The number of hydrogen-bond acceptors (Lipinski definition) is 1. The van der Waals surface area contributed by atoms with Gasteiger partial charge in [-0.3, -0.25) is 4.67 Å². The van der Waals surface area contributed by atoms with Crippen LogP contribution in [0, 0.1) is 6.92 Å². The van der Waals surface area contributed by atoms with Crippen molar-refractivity contribution in [2.45, 2.75) is 31.1 Å². The highest BCUT2D eigenvalue weighted by atomic mass is 31.1. The summed E-state index contributed by atoms with van der Waals surface area (Å²) in [5.41, 5.74) is 6.99. The zero-order chi connectivity index (χ0) is 19.0. The first-order valence-electron chi connectivity index (χ1n) is 9.77. The van der Waals surface area contributed by atoms with E-state index in [0.717, 1.165) is 0 Å². The summed E-state index contributed by atoms with van der Waals surface area (Å²) < 4.78 is 2.51. The molecule has 0 radical (unpaired) electrons. The van der Waals surface area contributed by atoms with Gasteiger partial charge in [-0.15, -0.1) is 0 Å². The third kappa shape index (κ3) is 3.24. The standard InChI is InChI=1S/C25H28NP/c1-5-19-11-8-14-21(18(19)2)24-16-17-25(27(24)26(3)4)23-15-9-12-20-10-6-7-13-22(20)23/h5-15,24-25H,1,16-17H2,2-4H3. The van der Waals surface area contributed by atoms with E-state index >= 15 is 0 Å². The van der Waals surface area contributed by atoms with E-state index in [2.05, 4.69) is 92.9 Å². The van der Waals surface area contributed by atoms with Gasteiger partial charge in [0.1, 0.15) is 0 Å². The largest absolute Gasteiger partial charge is 0.287 e. The zero-order valence-electron chi connectivity index (χ0n) is 16.5. The minimum absolute atomic E-state index is 0.291. The Kier molecular flexibility index (Phi) is 5.17. The van der Waals surface area contributed by atoms with Gasteiger partial charge in [-0.1, -0.05) is 73.3 Å². The van der Waals surface area contributed by atoms with Crippen LogP contribution in [-0.4, -0.2) is 18.8 Å². The second-order valence-electron chi connectivity index (χ2n) is 7.67. The summed E-state index contributed by atoms with van der Waals surface area (Å²) in [6.45, 7) is 6.27. The van der Waals surface area contributed by atoms with Crippen LogP contribution in [0.5, 0.6) is 0 Å². The summed E-state index contributed by atoms with van der Waals surface area (Å²) in [5, 5.41) is 2.79. The van der Waals surface area contributed by atoms with Crippen molar-refractivity contribution >= 4 is 24.9 Å². The summed E-state index contributed by atoms with van der Waals surface area (Å²) in [6, 6.07) is 22.4. The Labute approximate surface area is 164 Å². The molecule has 3 aromatic carbocycles. The van der Waals surface area contributed by atoms with Gasteiger partial charge in [0, 0.05) is 11.3 Å². The van der Waals surface area contributed by atoms with Gasteiger partial charge < -0.3 is 0 Å². The summed E-state index contributed by atoms with van der Waals surface area (Å²) >= 11 is 0. The Morgan fingerprint density at radius 2 is 1.52 bits per heavy atom. The van der Waals surface area contributed by atoms with Gasteiger partial charge in [0.15, 0.2) is 0 Å². The second-order valence-corrected chi connectivity index (χ2v) is 10.5. The van der Waals surface area contributed by atoms with E-state index in [0.29, 0.717) is 11.3 Å². The molecular weight excluding hydrogens is 345 g/mol. The van der Waals surface area contributed by atoms with E-state index in [9.17, 15) is 0 Å². The van der Waals surface area contributed by atoms with Crippen molar-refractivity contribution < 1.29 is 0 Å². The molecule has 0 bridgehead atoms. The Balaban J connectivity index is 1.79. The van der Waals surface area contributed by atoms with Crippen LogP contribution in [-0.2, 0) is 0 Å². The number of rotatable bonds is 4. The Morgan fingerprint density at radius 3 is 2.26 bits per heavy atom. The maximum absolute atomic E-state index is 4.01. The van der Waals surface area contributed by atoms with Crippen LogP contribution in [0.15, 0.2) is 67.2 Å². The molecule has 1 aliphatic rings. The summed E-state index contributed by atoms with van der Waals surface area (Å²) in [6.07, 6.45) is 4.52. The molecule has 3 unspecified atom stereocenters. The molecule has 0 aromatic heterocycles. The highest BCUT2D eigenvalue weighted by Gasteiger charge is 2.40. The molecule has 0 spiro atoms. The number of nitrogens with zero attached hydrogens (tertiary/aromatic N) is 1. The summed E-state index contributed by atoms with van der Waals surface area (Å²) in [7, 11) is 4.25. The topological polar surface area (TPSA) is 3.24 Å². The van der Waals surface area contributed by atoms with Gasteiger partial charge in [0.2, 0.25) is 0 Å². The lowest BCUT2D eigenvalue weighted by Gasteiger charge is -2.33. The average Bonchev–Trinajstić information content (AvgIpc) is 3.12. The molecular formula is C25H28NP. The molecule has 3 atom stereocenters. The predicted molar refractivity (Wildman–Crippen MR) is 121 cm³/mol. The van der Waals surface area contributed by atoms with Gasteiger partial charge >= 0.3 is 0 Å². The van der Waals surface area contributed by atoms with Crippen LogP contribution < -0.4 is 0 Å². The van der Waals surface area contributed by atoms with Crippen LogP contribution >= 0.6 is 8.07 Å². The maximum Gasteiger partial charge on any atom is 0.0186 e. The van der Waals surface area contributed by atoms with Crippen LogP contribution in [0.4, 0.5) is 0 Å². The second kappa shape index (κ2) is 7.58. The van der Waals surface area contributed by atoms with Gasteiger partial charge in [-0.05, 0) is 75.0 Å². The van der Waals surface area contributed by atoms with Gasteiger partial charge in [0.05, 0.1) is 0 Å². The van der Waals surface area contributed by atoms with Gasteiger partial charge in [0.25, 0.3) is 0 Å².